The molecule has 0 saturated heterocycles. The van der Waals surface area contributed by atoms with Gasteiger partial charge in [0.25, 0.3) is 0 Å². The number of nitrogens with zero attached hydrogens (tertiary/aromatic N) is 1. The number of rotatable bonds is 5. The molecule has 1 saturated carbocycles. The van der Waals surface area contributed by atoms with Crippen LogP contribution >= 0.6 is 0 Å². The van der Waals surface area contributed by atoms with E-state index in [-0.39, 0.29) is 5.91 Å². The highest BCUT2D eigenvalue weighted by Gasteiger charge is 2.18. The van der Waals surface area contributed by atoms with Crippen molar-refractivity contribution >= 4 is 5.91 Å². The Morgan fingerprint density at radius 1 is 1.41 bits per heavy atom. The first-order valence-electron chi connectivity index (χ1n) is 6.11. The van der Waals surface area contributed by atoms with E-state index in [0.29, 0.717) is 25.7 Å². The largest absolute Gasteiger partial charge is 0.352 e. The minimum Gasteiger partial charge on any atom is -0.352 e. The monoisotopic (exact) mass is 232 g/mol. The van der Waals surface area contributed by atoms with Crippen molar-refractivity contribution < 1.29 is 4.79 Å². The fourth-order valence-electron chi connectivity index (χ4n) is 2.03. The van der Waals surface area contributed by atoms with Gasteiger partial charge >= 0.3 is 0 Å². The lowest BCUT2D eigenvalue weighted by molar-refractivity contribution is -0.122. The van der Waals surface area contributed by atoms with Crippen LogP contribution in [0.2, 0.25) is 0 Å². The maximum atomic E-state index is 11.8. The molecule has 1 amide bonds. The van der Waals surface area contributed by atoms with Gasteiger partial charge in [0.2, 0.25) is 5.91 Å². The van der Waals surface area contributed by atoms with Crippen molar-refractivity contribution in [3.05, 3.63) is 0 Å². The Labute approximate surface area is 104 Å². The smallest absolute Gasteiger partial charge is 0.234 e. The van der Waals surface area contributed by atoms with Crippen LogP contribution in [0.5, 0.6) is 0 Å². The average Bonchev–Trinajstić information content (AvgIpc) is 2.78. The summed E-state index contributed by atoms with van der Waals surface area (Å²) in [4.78, 5) is 13.7. The minimum absolute atomic E-state index is 0.0602. The van der Waals surface area contributed by atoms with E-state index in [4.69, 9.17) is 6.42 Å². The molecule has 1 aliphatic carbocycles. The predicted molar refractivity (Wildman–Crippen MR) is 69.1 cm³/mol. The van der Waals surface area contributed by atoms with Gasteiger partial charge in [-0.05, 0) is 19.8 Å². The van der Waals surface area contributed by atoms with Gasteiger partial charge in [0.05, 0.1) is 19.6 Å². The Morgan fingerprint density at radius 2 is 2.12 bits per heavy atom. The first-order valence-corrected chi connectivity index (χ1v) is 6.11. The minimum atomic E-state index is 0.0602. The van der Waals surface area contributed by atoms with Crippen molar-refractivity contribution in [3.8, 4) is 24.2 Å². The molecule has 92 valence electrons. The van der Waals surface area contributed by atoms with E-state index in [0.717, 1.165) is 12.8 Å². The zero-order chi connectivity index (χ0) is 12.5. The van der Waals surface area contributed by atoms with E-state index in [1.54, 1.807) is 6.92 Å². The molecule has 1 rings (SSSR count). The summed E-state index contributed by atoms with van der Waals surface area (Å²) >= 11 is 0. The molecule has 0 spiro atoms. The topological polar surface area (TPSA) is 32.3 Å². The number of hydrogen-bond donors (Lipinski definition) is 1. The summed E-state index contributed by atoms with van der Waals surface area (Å²) in [6.45, 7) is 3.15. The van der Waals surface area contributed by atoms with Gasteiger partial charge in [0, 0.05) is 6.04 Å². The van der Waals surface area contributed by atoms with Crippen LogP contribution in [-0.4, -0.2) is 36.5 Å². The maximum Gasteiger partial charge on any atom is 0.234 e. The van der Waals surface area contributed by atoms with Crippen LogP contribution in [0, 0.1) is 24.2 Å². The van der Waals surface area contributed by atoms with E-state index in [1.165, 1.54) is 12.8 Å². The Hall–Kier alpha value is -1.45. The van der Waals surface area contributed by atoms with Crippen LogP contribution in [-0.2, 0) is 4.79 Å². The number of hydrogen-bond acceptors (Lipinski definition) is 2. The van der Waals surface area contributed by atoms with Crippen LogP contribution in [0.25, 0.3) is 0 Å². The summed E-state index contributed by atoms with van der Waals surface area (Å²) in [5, 5.41) is 3.05. The third-order valence-corrected chi connectivity index (χ3v) is 2.88. The van der Waals surface area contributed by atoms with Crippen LogP contribution in [0.4, 0.5) is 0 Å². The number of amides is 1. The standard InChI is InChI=1S/C14H20N2O/c1-3-5-11-16(10-4-2)12-14(17)15-13-8-6-7-9-13/h2,13H,6-12H2,1H3,(H,15,17). The third-order valence-electron chi connectivity index (χ3n) is 2.88. The van der Waals surface area contributed by atoms with Crippen molar-refractivity contribution in [1.82, 2.24) is 10.2 Å². The molecule has 0 aromatic rings. The normalized spacial score (nSPS) is 15.1. The number of carbonyl (C=O) groups excluding carboxylic acids is 1. The van der Waals surface area contributed by atoms with Crippen LogP contribution in [0.3, 0.4) is 0 Å². The fourth-order valence-corrected chi connectivity index (χ4v) is 2.03. The van der Waals surface area contributed by atoms with Crippen molar-refractivity contribution in [2.45, 2.75) is 38.6 Å². The molecular weight excluding hydrogens is 212 g/mol. The quantitative estimate of drug-likeness (QED) is 0.717. The molecule has 0 bridgehead atoms. The van der Waals surface area contributed by atoms with Crippen molar-refractivity contribution in [1.29, 1.82) is 0 Å². The molecule has 1 N–H and O–H groups in total. The molecule has 3 nitrogen and oxygen atoms in total. The highest BCUT2D eigenvalue weighted by Crippen LogP contribution is 2.17. The molecule has 1 aliphatic rings. The second kappa shape index (κ2) is 7.76. The molecule has 0 atom stereocenters. The third kappa shape index (κ3) is 5.43. The summed E-state index contributed by atoms with van der Waals surface area (Å²) in [5.41, 5.74) is 0. The van der Waals surface area contributed by atoms with Crippen LogP contribution < -0.4 is 5.32 Å². The Balaban J connectivity index is 2.33. The number of terminal acetylenes is 1. The Morgan fingerprint density at radius 3 is 2.71 bits per heavy atom. The summed E-state index contributed by atoms with van der Waals surface area (Å²) in [6.07, 6.45) is 9.93. The second-order valence-corrected chi connectivity index (χ2v) is 4.32. The first kappa shape index (κ1) is 13.6. The van der Waals surface area contributed by atoms with Crippen molar-refractivity contribution in [2.75, 3.05) is 19.6 Å². The molecule has 0 heterocycles. The summed E-state index contributed by atoms with van der Waals surface area (Å²) < 4.78 is 0. The van der Waals surface area contributed by atoms with Gasteiger partial charge in [-0.25, -0.2) is 0 Å². The molecule has 0 aromatic carbocycles. The van der Waals surface area contributed by atoms with E-state index >= 15 is 0 Å². The molecule has 1 fully saturated rings. The Kier molecular flexibility index (Phi) is 6.22. The lowest BCUT2D eigenvalue weighted by atomic mass is 10.2. The van der Waals surface area contributed by atoms with Crippen molar-refractivity contribution in [3.63, 3.8) is 0 Å². The van der Waals surface area contributed by atoms with Gasteiger partial charge in [-0.2, -0.15) is 0 Å². The Bertz CT molecular complexity index is 339. The maximum absolute atomic E-state index is 11.8. The SMILES string of the molecule is C#CCN(CC#CC)CC(=O)NC1CCCC1. The molecule has 0 aliphatic heterocycles. The lowest BCUT2D eigenvalue weighted by Crippen LogP contribution is -2.41. The summed E-state index contributed by atoms with van der Waals surface area (Å²) in [6, 6.07) is 0.368. The van der Waals surface area contributed by atoms with Gasteiger partial charge in [0.15, 0.2) is 0 Å². The van der Waals surface area contributed by atoms with Crippen LogP contribution in [0.15, 0.2) is 0 Å². The molecule has 0 unspecified atom stereocenters. The average molecular weight is 232 g/mol. The van der Waals surface area contributed by atoms with E-state index in [9.17, 15) is 4.79 Å². The fraction of sp³-hybridized carbons (Fsp3) is 0.643. The second-order valence-electron chi connectivity index (χ2n) is 4.32. The highest BCUT2D eigenvalue weighted by molar-refractivity contribution is 5.78. The van der Waals surface area contributed by atoms with Crippen LogP contribution in [0.1, 0.15) is 32.6 Å². The molecule has 17 heavy (non-hydrogen) atoms. The lowest BCUT2D eigenvalue weighted by Gasteiger charge is -2.18. The van der Waals surface area contributed by atoms with Gasteiger partial charge in [0.1, 0.15) is 0 Å². The molecule has 3 heteroatoms. The zero-order valence-electron chi connectivity index (χ0n) is 10.5. The van der Waals surface area contributed by atoms with Crippen molar-refractivity contribution in [2.24, 2.45) is 0 Å². The molecule has 0 radical (unpaired) electrons. The van der Waals surface area contributed by atoms with Gasteiger partial charge in [-0.15, -0.1) is 12.3 Å². The van der Waals surface area contributed by atoms with Gasteiger partial charge in [-0.3, -0.25) is 9.69 Å². The molecular formula is C14H20N2O. The summed E-state index contributed by atoms with van der Waals surface area (Å²) in [5.74, 6) is 8.36. The first-order chi connectivity index (χ1) is 8.26. The van der Waals surface area contributed by atoms with E-state index in [2.05, 4.69) is 23.1 Å². The van der Waals surface area contributed by atoms with E-state index in [1.807, 2.05) is 4.90 Å². The predicted octanol–water partition coefficient (Wildman–Crippen LogP) is 1.00. The highest BCUT2D eigenvalue weighted by atomic mass is 16.2. The van der Waals surface area contributed by atoms with E-state index < -0.39 is 0 Å². The summed E-state index contributed by atoms with van der Waals surface area (Å²) in [7, 11) is 0. The number of nitrogens with one attached hydrogen (secondary N) is 1. The molecule has 0 aromatic heterocycles. The van der Waals surface area contributed by atoms with Gasteiger partial charge < -0.3 is 5.32 Å². The number of carbonyl (C=O) groups is 1. The van der Waals surface area contributed by atoms with Gasteiger partial charge in [-0.1, -0.05) is 24.7 Å². The zero-order valence-corrected chi connectivity index (χ0v) is 10.5.